The molecule has 0 saturated heterocycles. The Balaban J connectivity index is 2.62. The minimum Gasteiger partial charge on any atom is -0.508 e. The van der Waals surface area contributed by atoms with Crippen LogP contribution in [-0.2, 0) is 20.7 Å². The van der Waals surface area contributed by atoms with Gasteiger partial charge in [0, 0.05) is 24.1 Å². The average molecular weight is 564 g/mol. The van der Waals surface area contributed by atoms with Crippen LogP contribution >= 0.6 is 0 Å². The number of terminal acetylenes is 1. The molecule has 2 aromatic rings. The average Bonchev–Trinajstić information content (AvgIpc) is 2.88. The third-order valence-electron chi connectivity index (χ3n) is 6.32. The van der Waals surface area contributed by atoms with Gasteiger partial charge < -0.3 is 25.4 Å². The second kappa shape index (κ2) is 14.6. The summed E-state index contributed by atoms with van der Waals surface area (Å²) in [5, 5.41) is 15.5. The van der Waals surface area contributed by atoms with Crippen LogP contribution in [0.1, 0.15) is 90.5 Å². The van der Waals surface area contributed by atoms with Crippen LogP contribution in [-0.4, -0.2) is 51.6 Å². The molecule has 2 unspecified atom stereocenters. The lowest BCUT2D eigenvalue weighted by Gasteiger charge is -2.43. The molecule has 0 bridgehead atoms. The van der Waals surface area contributed by atoms with Crippen molar-refractivity contribution in [1.82, 2.24) is 15.5 Å². The Morgan fingerprint density at radius 2 is 1.63 bits per heavy atom. The number of amides is 3. The third kappa shape index (κ3) is 10.2. The molecule has 2 rings (SSSR count). The van der Waals surface area contributed by atoms with Gasteiger partial charge in [-0.05, 0) is 77.3 Å². The van der Waals surface area contributed by atoms with E-state index < -0.39 is 35.2 Å². The van der Waals surface area contributed by atoms with Crippen LogP contribution in [0.25, 0.3) is 0 Å². The number of hydrogen-bond acceptors (Lipinski definition) is 5. The van der Waals surface area contributed by atoms with Gasteiger partial charge in [0.2, 0.25) is 11.8 Å². The Hall–Kier alpha value is -3.99. The molecule has 0 fully saturated rings. The summed E-state index contributed by atoms with van der Waals surface area (Å²) in [5.74, 6) is 1.91. The van der Waals surface area contributed by atoms with Gasteiger partial charge in [0.15, 0.2) is 0 Å². The quantitative estimate of drug-likeness (QED) is 0.248. The number of phenols is 1. The maximum atomic E-state index is 14.5. The van der Waals surface area contributed by atoms with Crippen molar-refractivity contribution in [3.8, 4) is 18.1 Å². The second-order valence-corrected chi connectivity index (χ2v) is 12.1. The molecular formula is C33H45N3O5. The number of ether oxygens (including phenoxy) is 1. The van der Waals surface area contributed by atoms with E-state index in [0.717, 1.165) is 19.3 Å². The van der Waals surface area contributed by atoms with Crippen molar-refractivity contribution in [1.29, 1.82) is 0 Å². The lowest BCUT2D eigenvalue weighted by atomic mass is 9.92. The highest BCUT2D eigenvalue weighted by atomic mass is 16.6. The molecular weight excluding hydrogens is 518 g/mol. The van der Waals surface area contributed by atoms with E-state index in [9.17, 15) is 19.5 Å². The fraction of sp³-hybridized carbons (Fsp3) is 0.485. The minimum absolute atomic E-state index is 0.0822. The number of aromatic hydroxyl groups is 1. The molecule has 3 N–H and O–H groups in total. The van der Waals surface area contributed by atoms with Crippen molar-refractivity contribution in [3.05, 3.63) is 65.2 Å². The largest absolute Gasteiger partial charge is 0.508 e. The van der Waals surface area contributed by atoms with E-state index in [1.165, 1.54) is 17.0 Å². The molecule has 0 aliphatic carbocycles. The molecule has 3 amide bonds. The van der Waals surface area contributed by atoms with E-state index in [0.29, 0.717) is 23.2 Å². The van der Waals surface area contributed by atoms with Crippen molar-refractivity contribution < 1.29 is 24.2 Å². The van der Waals surface area contributed by atoms with Gasteiger partial charge in [0.25, 0.3) is 0 Å². The highest BCUT2D eigenvalue weighted by Gasteiger charge is 2.42. The molecule has 222 valence electrons. The summed E-state index contributed by atoms with van der Waals surface area (Å²) in [7, 11) is 0. The van der Waals surface area contributed by atoms with Crippen LogP contribution in [0.2, 0.25) is 0 Å². The summed E-state index contributed by atoms with van der Waals surface area (Å²) in [6.07, 6.45) is 7.95. The molecule has 8 heteroatoms. The zero-order chi connectivity index (χ0) is 30.8. The minimum atomic E-state index is -1.08. The van der Waals surface area contributed by atoms with E-state index in [1.54, 1.807) is 57.2 Å². The molecule has 0 aromatic heterocycles. The van der Waals surface area contributed by atoms with Crippen molar-refractivity contribution in [3.63, 3.8) is 0 Å². The van der Waals surface area contributed by atoms with E-state index in [4.69, 9.17) is 11.2 Å². The zero-order valence-corrected chi connectivity index (χ0v) is 25.4. The number of carbonyl (C=O) groups is 3. The number of rotatable bonds is 11. The summed E-state index contributed by atoms with van der Waals surface area (Å²) in [4.78, 5) is 42.8. The smallest absolute Gasteiger partial charge is 0.408 e. The summed E-state index contributed by atoms with van der Waals surface area (Å²) < 4.78 is 5.48. The van der Waals surface area contributed by atoms with Crippen LogP contribution in [0.3, 0.4) is 0 Å². The highest BCUT2D eigenvalue weighted by molar-refractivity contribution is 5.93. The van der Waals surface area contributed by atoms with Gasteiger partial charge in [-0.15, -0.1) is 6.42 Å². The highest BCUT2D eigenvalue weighted by Crippen LogP contribution is 2.32. The molecule has 2 atom stereocenters. The van der Waals surface area contributed by atoms with Gasteiger partial charge in [0.1, 0.15) is 23.4 Å². The first-order valence-electron chi connectivity index (χ1n) is 14.1. The van der Waals surface area contributed by atoms with Crippen molar-refractivity contribution >= 4 is 17.9 Å². The lowest BCUT2D eigenvalue weighted by molar-refractivity contribution is -0.148. The van der Waals surface area contributed by atoms with E-state index in [-0.39, 0.29) is 18.1 Å². The first-order valence-corrected chi connectivity index (χ1v) is 14.1. The second-order valence-electron chi connectivity index (χ2n) is 12.1. The van der Waals surface area contributed by atoms with Crippen molar-refractivity contribution in [2.24, 2.45) is 0 Å². The molecule has 41 heavy (non-hydrogen) atoms. The fourth-order valence-corrected chi connectivity index (χ4v) is 4.48. The molecule has 0 aliphatic rings. The topological polar surface area (TPSA) is 108 Å². The fourth-order valence-electron chi connectivity index (χ4n) is 4.48. The van der Waals surface area contributed by atoms with Crippen LogP contribution in [0.4, 0.5) is 4.79 Å². The number of carbonyl (C=O) groups excluding carboxylic acids is 3. The lowest BCUT2D eigenvalue weighted by Crippen LogP contribution is -2.59. The molecule has 2 aromatic carbocycles. The molecule has 0 aliphatic heterocycles. The Morgan fingerprint density at radius 1 is 1.00 bits per heavy atom. The van der Waals surface area contributed by atoms with Gasteiger partial charge >= 0.3 is 6.09 Å². The molecule has 0 heterocycles. The predicted octanol–water partition coefficient (Wildman–Crippen LogP) is 5.48. The van der Waals surface area contributed by atoms with Crippen molar-refractivity contribution in [2.45, 2.75) is 97.4 Å². The van der Waals surface area contributed by atoms with Crippen molar-refractivity contribution in [2.75, 3.05) is 6.54 Å². The van der Waals surface area contributed by atoms with Gasteiger partial charge in [-0.3, -0.25) is 9.59 Å². The standard InChI is InChI=1S/C33H45N3O5/c1-9-11-14-21-34-29(38)28(26-16-13-12-15-24(26)10-2)36(32(3,4)5)30(39)27(35-31(40)41-33(6,7)8)22-23-17-19-25(37)20-18-23/h2,12-13,15-20,27-28,37H,9,11,14,21-22H2,1,3-8H3,(H,34,38)(H,35,40). The van der Waals surface area contributed by atoms with E-state index in [1.807, 2.05) is 20.8 Å². The van der Waals surface area contributed by atoms with Gasteiger partial charge in [0.05, 0.1) is 0 Å². The van der Waals surface area contributed by atoms with E-state index in [2.05, 4.69) is 23.5 Å². The van der Waals surface area contributed by atoms with Crippen LogP contribution in [0, 0.1) is 12.3 Å². The third-order valence-corrected chi connectivity index (χ3v) is 6.32. The summed E-state index contributed by atoms with van der Waals surface area (Å²) in [6, 6.07) is 11.3. The van der Waals surface area contributed by atoms with Gasteiger partial charge in [-0.2, -0.15) is 0 Å². The Kier molecular flexibility index (Phi) is 11.8. The Morgan fingerprint density at radius 3 is 2.20 bits per heavy atom. The van der Waals surface area contributed by atoms with E-state index >= 15 is 0 Å². The normalized spacial score (nSPS) is 12.9. The molecule has 0 saturated carbocycles. The number of benzene rings is 2. The molecule has 8 nitrogen and oxygen atoms in total. The summed E-state index contributed by atoms with van der Waals surface area (Å²) >= 11 is 0. The number of alkyl carbamates (subject to hydrolysis) is 1. The Labute approximate surface area is 244 Å². The molecule has 0 radical (unpaired) electrons. The predicted molar refractivity (Wildman–Crippen MR) is 161 cm³/mol. The number of nitrogens with zero attached hydrogens (tertiary/aromatic N) is 1. The summed E-state index contributed by atoms with van der Waals surface area (Å²) in [6.45, 7) is 13.3. The Bertz CT molecular complexity index is 1220. The number of nitrogens with one attached hydrogen (secondary N) is 2. The first-order chi connectivity index (χ1) is 19.2. The van der Waals surface area contributed by atoms with Gasteiger partial charge in [-0.25, -0.2) is 4.79 Å². The van der Waals surface area contributed by atoms with Gasteiger partial charge in [-0.1, -0.05) is 56.0 Å². The SMILES string of the molecule is C#Cc1ccccc1C(C(=O)NCCCCC)N(C(=O)C(Cc1ccc(O)cc1)NC(=O)OC(C)(C)C)C(C)(C)C. The monoisotopic (exact) mass is 563 g/mol. The number of unbranched alkanes of at least 4 members (excludes halogenated alkanes) is 2. The zero-order valence-electron chi connectivity index (χ0n) is 25.4. The first kappa shape index (κ1) is 33.2. The molecule has 0 spiro atoms. The number of phenolic OH excluding ortho intramolecular Hbond substituents is 1. The van der Waals surface area contributed by atoms with Crippen LogP contribution in [0.15, 0.2) is 48.5 Å². The number of hydrogen-bond donors (Lipinski definition) is 3. The van der Waals surface area contributed by atoms with Crippen LogP contribution < -0.4 is 10.6 Å². The van der Waals surface area contributed by atoms with Crippen LogP contribution in [0.5, 0.6) is 5.75 Å². The summed E-state index contributed by atoms with van der Waals surface area (Å²) in [5.41, 5.74) is 0.0839. The maximum absolute atomic E-state index is 14.5. The maximum Gasteiger partial charge on any atom is 0.408 e.